The largest absolute Gasteiger partial charge is 0.296 e. The van der Waals surface area contributed by atoms with Gasteiger partial charge in [-0.05, 0) is 23.6 Å². The highest BCUT2D eigenvalue weighted by atomic mass is 32.2. The molecule has 0 bridgehead atoms. The first-order chi connectivity index (χ1) is 8.86. The minimum Gasteiger partial charge on any atom is -0.283 e. The second kappa shape index (κ2) is 5.58. The van der Waals surface area contributed by atoms with Crippen molar-refractivity contribution in [3.05, 3.63) is 24.3 Å². The Labute approximate surface area is 119 Å². The Bertz CT molecular complexity index is 676. The van der Waals surface area contributed by atoms with Crippen LogP contribution in [0, 0.1) is 5.41 Å². The lowest BCUT2D eigenvalue weighted by Crippen LogP contribution is -2.26. The molecule has 114 valence electrons. The van der Waals surface area contributed by atoms with E-state index in [9.17, 15) is 16.8 Å². The van der Waals surface area contributed by atoms with E-state index in [1.165, 1.54) is 24.3 Å². The molecule has 1 aromatic carbocycles. The van der Waals surface area contributed by atoms with E-state index in [4.69, 9.17) is 5.14 Å². The molecule has 9 heteroatoms. The number of rotatable bonds is 5. The van der Waals surface area contributed by atoms with Crippen LogP contribution in [0.25, 0.3) is 0 Å². The van der Waals surface area contributed by atoms with E-state index < -0.39 is 20.2 Å². The van der Waals surface area contributed by atoms with Gasteiger partial charge in [-0.25, -0.2) is 13.6 Å². The van der Waals surface area contributed by atoms with Crippen LogP contribution >= 0.6 is 0 Å². The number of benzene rings is 1. The fourth-order valence-corrected chi connectivity index (χ4v) is 3.75. The molecule has 0 aromatic heterocycles. The minimum absolute atomic E-state index is 0.0488. The molecule has 0 aliphatic heterocycles. The van der Waals surface area contributed by atoms with E-state index in [0.29, 0.717) is 0 Å². The lowest BCUT2D eigenvalue weighted by molar-refractivity contribution is 0.463. The molecular weight excluding hydrogens is 302 g/mol. The molecule has 0 saturated heterocycles. The average Bonchev–Trinajstić information content (AvgIpc) is 2.09. The SMILES string of the molecule is CC(C)(C)CS(=O)(=O)Nc1cccc(NS(N)(=O)=O)c1. The van der Waals surface area contributed by atoms with Crippen molar-refractivity contribution in [2.24, 2.45) is 10.6 Å². The molecule has 20 heavy (non-hydrogen) atoms. The van der Waals surface area contributed by atoms with E-state index in [1.807, 2.05) is 20.8 Å². The summed E-state index contributed by atoms with van der Waals surface area (Å²) >= 11 is 0. The third-order valence-corrected chi connectivity index (χ3v) is 4.33. The van der Waals surface area contributed by atoms with Crippen molar-refractivity contribution < 1.29 is 16.8 Å². The molecule has 0 saturated carbocycles. The minimum atomic E-state index is -3.89. The molecule has 7 nitrogen and oxygen atoms in total. The van der Waals surface area contributed by atoms with Gasteiger partial charge >= 0.3 is 0 Å². The van der Waals surface area contributed by atoms with Crippen molar-refractivity contribution in [3.63, 3.8) is 0 Å². The average molecular weight is 321 g/mol. The molecule has 0 radical (unpaired) electrons. The summed E-state index contributed by atoms with van der Waals surface area (Å²) in [5, 5.41) is 4.85. The quantitative estimate of drug-likeness (QED) is 0.752. The lowest BCUT2D eigenvalue weighted by atomic mass is 10.0. The van der Waals surface area contributed by atoms with Gasteiger partial charge in [0.15, 0.2) is 0 Å². The van der Waals surface area contributed by atoms with Crippen molar-refractivity contribution in [2.45, 2.75) is 20.8 Å². The Hall–Kier alpha value is -1.32. The summed E-state index contributed by atoms with van der Waals surface area (Å²) in [6, 6.07) is 5.85. The van der Waals surface area contributed by atoms with Gasteiger partial charge in [-0.1, -0.05) is 26.8 Å². The number of nitrogens with one attached hydrogen (secondary N) is 2. The van der Waals surface area contributed by atoms with Crippen LogP contribution < -0.4 is 14.6 Å². The van der Waals surface area contributed by atoms with E-state index in [2.05, 4.69) is 9.44 Å². The molecule has 1 rings (SSSR count). The summed E-state index contributed by atoms with van der Waals surface area (Å²) in [6.07, 6.45) is 0. The molecule has 0 spiro atoms. The van der Waals surface area contributed by atoms with Crippen molar-refractivity contribution in [2.75, 3.05) is 15.2 Å². The number of hydrogen-bond donors (Lipinski definition) is 3. The summed E-state index contributed by atoms with van der Waals surface area (Å²) in [5.41, 5.74) is 0.0637. The number of nitrogens with two attached hydrogens (primary N) is 1. The lowest BCUT2D eigenvalue weighted by Gasteiger charge is -2.19. The maximum atomic E-state index is 11.9. The van der Waals surface area contributed by atoms with Gasteiger partial charge in [-0.2, -0.15) is 8.42 Å². The molecule has 0 fully saturated rings. The molecule has 0 aliphatic carbocycles. The molecule has 0 atom stereocenters. The van der Waals surface area contributed by atoms with E-state index >= 15 is 0 Å². The summed E-state index contributed by atoms with van der Waals surface area (Å²) in [4.78, 5) is 0. The highest BCUT2D eigenvalue weighted by Crippen LogP contribution is 2.20. The van der Waals surface area contributed by atoms with Crippen LogP contribution in [0.2, 0.25) is 0 Å². The standard InChI is InChI=1S/C11H19N3O4S2/c1-11(2,3)8-19(15,16)13-9-5-4-6-10(7-9)14-20(12,17)18/h4-7,13-14H,8H2,1-3H3,(H2,12,17,18). The van der Waals surface area contributed by atoms with Crippen LogP contribution in [0.3, 0.4) is 0 Å². The van der Waals surface area contributed by atoms with Crippen LogP contribution in [-0.2, 0) is 20.2 Å². The Morgan fingerprint density at radius 2 is 1.55 bits per heavy atom. The zero-order valence-electron chi connectivity index (χ0n) is 11.5. The van der Waals surface area contributed by atoms with Gasteiger partial charge in [0.25, 0.3) is 10.2 Å². The van der Waals surface area contributed by atoms with E-state index in [0.717, 1.165) is 0 Å². The summed E-state index contributed by atoms with van der Waals surface area (Å²) in [6.45, 7) is 5.43. The van der Waals surface area contributed by atoms with Crippen molar-refractivity contribution >= 4 is 31.6 Å². The van der Waals surface area contributed by atoms with E-state index in [1.54, 1.807) is 0 Å². The van der Waals surface area contributed by atoms with Gasteiger partial charge in [-0.15, -0.1) is 0 Å². The fourth-order valence-electron chi connectivity index (χ4n) is 1.60. The van der Waals surface area contributed by atoms with Crippen molar-refractivity contribution in [1.82, 2.24) is 0 Å². The zero-order valence-corrected chi connectivity index (χ0v) is 13.2. The zero-order chi connectivity index (χ0) is 15.6. The highest BCUT2D eigenvalue weighted by Gasteiger charge is 2.21. The van der Waals surface area contributed by atoms with E-state index in [-0.39, 0.29) is 22.5 Å². The summed E-state index contributed by atoms with van der Waals surface area (Å²) in [7, 11) is -7.40. The monoisotopic (exact) mass is 321 g/mol. The molecule has 0 aliphatic rings. The summed E-state index contributed by atoms with van der Waals surface area (Å²) in [5.74, 6) is -0.0488. The normalized spacial score (nSPS) is 13.0. The highest BCUT2D eigenvalue weighted by molar-refractivity contribution is 7.92. The number of sulfonamides is 1. The third kappa shape index (κ3) is 6.73. The maximum absolute atomic E-state index is 11.9. The predicted octanol–water partition coefficient (Wildman–Crippen LogP) is 1.09. The van der Waals surface area contributed by atoms with Gasteiger partial charge in [0, 0.05) is 0 Å². The molecular formula is C11H19N3O4S2. The maximum Gasteiger partial charge on any atom is 0.296 e. The predicted molar refractivity (Wildman–Crippen MR) is 80.0 cm³/mol. The van der Waals surface area contributed by atoms with Crippen molar-refractivity contribution in [3.8, 4) is 0 Å². The van der Waals surface area contributed by atoms with Gasteiger partial charge in [0.1, 0.15) is 0 Å². The third-order valence-electron chi connectivity index (χ3n) is 2.02. The second-order valence-electron chi connectivity index (χ2n) is 5.65. The van der Waals surface area contributed by atoms with Crippen LogP contribution in [0.4, 0.5) is 11.4 Å². The van der Waals surface area contributed by atoms with Crippen LogP contribution in [0.1, 0.15) is 20.8 Å². The van der Waals surface area contributed by atoms with Crippen LogP contribution in [-0.4, -0.2) is 22.6 Å². The Morgan fingerprint density at radius 1 is 1.05 bits per heavy atom. The van der Waals surface area contributed by atoms with Gasteiger partial charge in [0.2, 0.25) is 10.0 Å². The first kappa shape index (κ1) is 16.7. The van der Waals surface area contributed by atoms with Crippen LogP contribution in [0.15, 0.2) is 24.3 Å². The Balaban J connectivity index is 2.92. The second-order valence-corrected chi connectivity index (χ2v) is 8.67. The molecule has 4 N–H and O–H groups in total. The Morgan fingerprint density at radius 3 is 2.00 bits per heavy atom. The number of anilines is 2. The summed E-state index contributed by atoms with van der Waals surface area (Å²) < 4.78 is 50.2. The fraction of sp³-hybridized carbons (Fsp3) is 0.455. The topological polar surface area (TPSA) is 118 Å². The number of hydrogen-bond acceptors (Lipinski definition) is 4. The Kier molecular flexibility index (Phi) is 4.67. The molecule has 1 aromatic rings. The van der Waals surface area contributed by atoms with Crippen molar-refractivity contribution in [1.29, 1.82) is 0 Å². The smallest absolute Gasteiger partial charge is 0.283 e. The van der Waals surface area contributed by atoms with Gasteiger partial charge in [-0.3, -0.25) is 9.44 Å². The van der Waals surface area contributed by atoms with Crippen LogP contribution in [0.5, 0.6) is 0 Å². The van der Waals surface area contributed by atoms with Gasteiger partial charge < -0.3 is 0 Å². The molecule has 0 heterocycles. The first-order valence-electron chi connectivity index (χ1n) is 5.77. The van der Waals surface area contributed by atoms with Gasteiger partial charge in [0.05, 0.1) is 17.1 Å². The molecule has 0 unspecified atom stereocenters. The molecule has 0 amide bonds. The first-order valence-corrected chi connectivity index (χ1v) is 8.97.